The van der Waals surface area contributed by atoms with Crippen LogP contribution < -0.4 is 5.32 Å². The molecule has 1 saturated heterocycles. The highest BCUT2D eigenvalue weighted by Crippen LogP contribution is 2.27. The average Bonchev–Trinajstić information content (AvgIpc) is 2.85. The number of amides is 1. The highest BCUT2D eigenvalue weighted by molar-refractivity contribution is 5.86. The van der Waals surface area contributed by atoms with Gasteiger partial charge >= 0.3 is 0 Å². The zero-order valence-electron chi connectivity index (χ0n) is 11.7. The molecule has 0 bridgehead atoms. The van der Waals surface area contributed by atoms with E-state index >= 15 is 0 Å². The van der Waals surface area contributed by atoms with Crippen molar-refractivity contribution in [1.29, 1.82) is 0 Å². The number of likely N-dealkylation sites (N-methyl/N-ethyl adjacent to an activating group) is 1. The lowest BCUT2D eigenvalue weighted by Crippen LogP contribution is -2.52. The molecule has 1 aliphatic heterocycles. The standard InChI is InChI=1S/C15H21FN2O/c1-11(12-7-4-5-8-13(12)16)18(3)14(19)15(2)9-6-10-17-15/h4-5,7-8,11,17H,6,9-10H2,1-3H3. The predicted octanol–water partition coefficient (Wildman–Crippen LogP) is 2.49. The summed E-state index contributed by atoms with van der Waals surface area (Å²) in [5.41, 5.74) is 0.0498. The van der Waals surface area contributed by atoms with Gasteiger partial charge in [-0.15, -0.1) is 0 Å². The van der Waals surface area contributed by atoms with E-state index in [9.17, 15) is 9.18 Å². The quantitative estimate of drug-likeness (QED) is 0.909. The van der Waals surface area contributed by atoms with Gasteiger partial charge in [0, 0.05) is 12.6 Å². The summed E-state index contributed by atoms with van der Waals surface area (Å²) in [6, 6.07) is 6.34. The van der Waals surface area contributed by atoms with E-state index in [0.717, 1.165) is 19.4 Å². The zero-order valence-corrected chi connectivity index (χ0v) is 11.7. The van der Waals surface area contributed by atoms with Gasteiger partial charge in [0.05, 0.1) is 11.6 Å². The number of halogens is 1. The third kappa shape index (κ3) is 2.63. The molecule has 19 heavy (non-hydrogen) atoms. The summed E-state index contributed by atoms with van der Waals surface area (Å²) in [7, 11) is 1.74. The Morgan fingerprint density at radius 1 is 1.47 bits per heavy atom. The molecular weight excluding hydrogens is 243 g/mol. The Hall–Kier alpha value is -1.42. The largest absolute Gasteiger partial charge is 0.337 e. The van der Waals surface area contributed by atoms with Gasteiger partial charge in [0.2, 0.25) is 5.91 Å². The van der Waals surface area contributed by atoms with Gasteiger partial charge in [-0.1, -0.05) is 18.2 Å². The first-order valence-corrected chi connectivity index (χ1v) is 6.72. The fourth-order valence-electron chi connectivity index (χ4n) is 2.66. The first kappa shape index (κ1) is 14.0. The molecule has 1 N–H and O–H groups in total. The first-order chi connectivity index (χ1) is 8.96. The van der Waals surface area contributed by atoms with Gasteiger partial charge in [0.1, 0.15) is 5.82 Å². The molecule has 0 aliphatic carbocycles. The summed E-state index contributed by atoms with van der Waals surface area (Å²) in [5.74, 6) is -0.236. The number of hydrogen-bond donors (Lipinski definition) is 1. The summed E-state index contributed by atoms with van der Waals surface area (Å²) < 4.78 is 13.8. The van der Waals surface area contributed by atoms with Crippen LogP contribution >= 0.6 is 0 Å². The van der Waals surface area contributed by atoms with Gasteiger partial charge in [-0.05, 0) is 39.3 Å². The molecule has 104 valence electrons. The third-order valence-electron chi connectivity index (χ3n) is 4.10. The molecule has 1 heterocycles. The van der Waals surface area contributed by atoms with Crippen LogP contribution in [-0.2, 0) is 4.79 Å². The molecule has 2 unspecified atom stereocenters. The lowest BCUT2D eigenvalue weighted by Gasteiger charge is -2.33. The SMILES string of the molecule is CC(c1ccccc1F)N(C)C(=O)C1(C)CCCN1. The lowest BCUT2D eigenvalue weighted by molar-refractivity contribution is -0.137. The fourth-order valence-corrected chi connectivity index (χ4v) is 2.66. The summed E-state index contributed by atoms with van der Waals surface area (Å²) in [4.78, 5) is 14.2. The molecule has 2 rings (SSSR count). The smallest absolute Gasteiger partial charge is 0.242 e. The number of carbonyl (C=O) groups is 1. The minimum absolute atomic E-state index is 0.0285. The highest BCUT2D eigenvalue weighted by atomic mass is 19.1. The van der Waals surface area contributed by atoms with E-state index < -0.39 is 5.54 Å². The van der Waals surface area contributed by atoms with Crippen molar-refractivity contribution >= 4 is 5.91 Å². The van der Waals surface area contributed by atoms with Crippen molar-refractivity contribution in [2.45, 2.75) is 38.3 Å². The molecule has 2 atom stereocenters. The van der Waals surface area contributed by atoms with Crippen LogP contribution in [0.3, 0.4) is 0 Å². The molecule has 1 aromatic carbocycles. The van der Waals surface area contributed by atoms with Gasteiger partial charge in [0.15, 0.2) is 0 Å². The summed E-state index contributed by atoms with van der Waals surface area (Å²) in [5, 5.41) is 3.25. The summed E-state index contributed by atoms with van der Waals surface area (Å²) >= 11 is 0. The van der Waals surface area contributed by atoms with Crippen molar-refractivity contribution in [3.8, 4) is 0 Å². The molecule has 0 saturated carbocycles. The number of nitrogens with one attached hydrogen (secondary N) is 1. The zero-order chi connectivity index (χ0) is 14.0. The number of hydrogen-bond acceptors (Lipinski definition) is 2. The number of benzene rings is 1. The minimum atomic E-state index is -0.506. The number of nitrogens with zero attached hydrogens (tertiary/aromatic N) is 1. The van der Waals surface area contributed by atoms with Crippen LogP contribution in [0.4, 0.5) is 4.39 Å². The van der Waals surface area contributed by atoms with E-state index in [1.807, 2.05) is 13.8 Å². The van der Waals surface area contributed by atoms with Crippen molar-refractivity contribution in [2.75, 3.05) is 13.6 Å². The molecule has 0 aromatic heterocycles. The molecule has 1 aromatic rings. The Labute approximate surface area is 113 Å². The van der Waals surface area contributed by atoms with E-state index in [-0.39, 0.29) is 17.8 Å². The normalized spacial score (nSPS) is 24.2. The third-order valence-corrected chi connectivity index (χ3v) is 4.10. The maximum Gasteiger partial charge on any atom is 0.242 e. The van der Waals surface area contributed by atoms with Gasteiger partial charge in [-0.25, -0.2) is 4.39 Å². The lowest BCUT2D eigenvalue weighted by atomic mass is 9.96. The van der Waals surface area contributed by atoms with Gasteiger partial charge in [-0.3, -0.25) is 4.79 Å². The maximum absolute atomic E-state index is 13.8. The van der Waals surface area contributed by atoms with Crippen molar-refractivity contribution < 1.29 is 9.18 Å². The number of rotatable bonds is 3. The fraction of sp³-hybridized carbons (Fsp3) is 0.533. The molecule has 0 radical (unpaired) electrons. The second-order valence-electron chi connectivity index (χ2n) is 5.48. The highest BCUT2D eigenvalue weighted by Gasteiger charge is 2.39. The van der Waals surface area contributed by atoms with E-state index in [1.54, 1.807) is 30.1 Å². The van der Waals surface area contributed by atoms with Crippen LogP contribution in [0.5, 0.6) is 0 Å². The van der Waals surface area contributed by atoms with Gasteiger partial charge < -0.3 is 10.2 Å². The van der Waals surface area contributed by atoms with E-state index in [0.29, 0.717) is 5.56 Å². The Balaban J connectivity index is 2.17. The molecular formula is C15H21FN2O. The van der Waals surface area contributed by atoms with Gasteiger partial charge in [-0.2, -0.15) is 0 Å². The van der Waals surface area contributed by atoms with Crippen LogP contribution in [0.25, 0.3) is 0 Å². The molecule has 1 amide bonds. The van der Waals surface area contributed by atoms with Crippen LogP contribution in [0.2, 0.25) is 0 Å². The topological polar surface area (TPSA) is 32.3 Å². The molecule has 1 aliphatic rings. The Bertz CT molecular complexity index is 469. The summed E-state index contributed by atoms with van der Waals surface area (Å²) in [6.07, 6.45) is 1.84. The predicted molar refractivity (Wildman–Crippen MR) is 73.2 cm³/mol. The van der Waals surface area contributed by atoms with Crippen molar-refractivity contribution in [3.63, 3.8) is 0 Å². The Morgan fingerprint density at radius 3 is 2.74 bits per heavy atom. The summed E-state index contributed by atoms with van der Waals surface area (Å²) in [6.45, 7) is 4.64. The minimum Gasteiger partial charge on any atom is -0.337 e. The van der Waals surface area contributed by atoms with Crippen LogP contribution in [0, 0.1) is 5.82 Å². The van der Waals surface area contributed by atoms with Crippen LogP contribution in [0.15, 0.2) is 24.3 Å². The van der Waals surface area contributed by atoms with Crippen molar-refractivity contribution in [2.24, 2.45) is 0 Å². The molecule has 3 nitrogen and oxygen atoms in total. The van der Waals surface area contributed by atoms with Crippen molar-refractivity contribution in [3.05, 3.63) is 35.6 Å². The van der Waals surface area contributed by atoms with Crippen LogP contribution in [-0.4, -0.2) is 29.9 Å². The molecule has 4 heteroatoms. The van der Waals surface area contributed by atoms with E-state index in [1.165, 1.54) is 6.07 Å². The van der Waals surface area contributed by atoms with Gasteiger partial charge in [0.25, 0.3) is 0 Å². The maximum atomic E-state index is 13.8. The Kier molecular flexibility index (Phi) is 3.90. The number of carbonyl (C=O) groups excluding carboxylic acids is 1. The molecule has 1 fully saturated rings. The first-order valence-electron chi connectivity index (χ1n) is 6.72. The van der Waals surface area contributed by atoms with E-state index in [4.69, 9.17) is 0 Å². The average molecular weight is 264 g/mol. The second kappa shape index (κ2) is 5.29. The van der Waals surface area contributed by atoms with Crippen LogP contribution in [0.1, 0.15) is 38.3 Å². The monoisotopic (exact) mass is 264 g/mol. The van der Waals surface area contributed by atoms with E-state index in [2.05, 4.69) is 5.32 Å². The Morgan fingerprint density at radius 2 is 2.16 bits per heavy atom. The van der Waals surface area contributed by atoms with Crippen molar-refractivity contribution in [1.82, 2.24) is 10.2 Å². The second-order valence-corrected chi connectivity index (χ2v) is 5.48. The molecule has 0 spiro atoms.